The number of carbonyl (C=O) groups excluding carboxylic acids is 1. The van der Waals surface area contributed by atoms with Crippen LogP contribution in [0.1, 0.15) is 10.4 Å². The van der Waals surface area contributed by atoms with Gasteiger partial charge in [-0.1, -0.05) is 6.07 Å². The number of methoxy groups -OCH3 is 1. The van der Waals surface area contributed by atoms with E-state index in [4.69, 9.17) is 4.74 Å². The topological polar surface area (TPSA) is 26.3 Å². The molecule has 0 unspecified atom stereocenters. The Bertz CT molecular complexity index is 831. The molecule has 0 N–H and O–H groups in total. The van der Waals surface area contributed by atoms with Gasteiger partial charge in [0.05, 0.1) is 23.6 Å². The summed E-state index contributed by atoms with van der Waals surface area (Å²) in [6.45, 7) is 0. The molecule has 3 aromatic carbocycles. The fourth-order valence-electron chi connectivity index (χ4n) is 2.42. The highest BCUT2D eigenvalue weighted by Gasteiger charge is 2.29. The van der Waals surface area contributed by atoms with Gasteiger partial charge in [0.25, 0.3) is 0 Å². The Morgan fingerprint density at radius 3 is 1.80 bits per heavy atom. The SMILES string of the molecule is COC(=O)c1cccc([S+](c2ccc(F)cc2)c2ccc(F)cc2)c1. The lowest BCUT2D eigenvalue weighted by Gasteiger charge is -2.09. The van der Waals surface area contributed by atoms with Gasteiger partial charge in [0.1, 0.15) is 11.6 Å². The third kappa shape index (κ3) is 3.88. The van der Waals surface area contributed by atoms with Crippen LogP contribution < -0.4 is 0 Å². The smallest absolute Gasteiger partial charge is 0.338 e. The summed E-state index contributed by atoms with van der Waals surface area (Å²) in [6, 6.07) is 19.5. The summed E-state index contributed by atoms with van der Waals surface area (Å²) in [7, 11) is 0.727. The highest BCUT2D eigenvalue weighted by atomic mass is 32.2. The summed E-state index contributed by atoms with van der Waals surface area (Å²) in [5.74, 6) is -1.08. The number of esters is 1. The molecule has 0 saturated heterocycles. The summed E-state index contributed by atoms with van der Waals surface area (Å²) >= 11 is 0. The van der Waals surface area contributed by atoms with Crippen molar-refractivity contribution in [2.75, 3.05) is 7.11 Å². The average molecular weight is 357 g/mol. The molecule has 5 heteroatoms. The number of benzene rings is 3. The maximum Gasteiger partial charge on any atom is 0.338 e. The molecule has 0 fully saturated rings. The molecule has 0 aliphatic heterocycles. The van der Waals surface area contributed by atoms with Gasteiger partial charge in [0.2, 0.25) is 0 Å². The second-order valence-electron chi connectivity index (χ2n) is 5.23. The van der Waals surface area contributed by atoms with E-state index >= 15 is 0 Å². The van der Waals surface area contributed by atoms with Gasteiger partial charge in [-0.15, -0.1) is 0 Å². The van der Waals surface area contributed by atoms with Gasteiger partial charge in [0, 0.05) is 6.07 Å². The number of halogens is 2. The van der Waals surface area contributed by atoms with E-state index in [-0.39, 0.29) is 11.6 Å². The van der Waals surface area contributed by atoms with E-state index in [1.54, 1.807) is 42.5 Å². The van der Waals surface area contributed by atoms with E-state index in [1.165, 1.54) is 31.4 Å². The van der Waals surface area contributed by atoms with Crippen LogP contribution in [0.25, 0.3) is 0 Å². The molecule has 0 aliphatic carbocycles. The van der Waals surface area contributed by atoms with E-state index in [0.29, 0.717) is 5.56 Å². The fraction of sp³-hybridized carbons (Fsp3) is 0.0500. The van der Waals surface area contributed by atoms with Crippen LogP contribution >= 0.6 is 0 Å². The first-order valence-corrected chi connectivity index (χ1v) is 8.75. The lowest BCUT2D eigenvalue weighted by molar-refractivity contribution is 0.0600. The predicted octanol–water partition coefficient (Wildman–Crippen LogP) is 4.85. The lowest BCUT2D eigenvalue weighted by Crippen LogP contribution is -2.07. The van der Waals surface area contributed by atoms with Crippen LogP contribution in [0.4, 0.5) is 8.78 Å². The van der Waals surface area contributed by atoms with Crippen LogP contribution in [0.2, 0.25) is 0 Å². The van der Waals surface area contributed by atoms with Crippen LogP contribution in [0.3, 0.4) is 0 Å². The first-order valence-electron chi connectivity index (χ1n) is 7.52. The predicted molar refractivity (Wildman–Crippen MR) is 92.7 cm³/mol. The highest BCUT2D eigenvalue weighted by Crippen LogP contribution is 2.32. The van der Waals surface area contributed by atoms with Crippen molar-refractivity contribution in [2.45, 2.75) is 14.7 Å². The molecule has 25 heavy (non-hydrogen) atoms. The number of ether oxygens (including phenoxy) is 1. The number of rotatable bonds is 4. The average Bonchev–Trinajstić information content (AvgIpc) is 2.64. The Kier molecular flexibility index (Phi) is 5.14. The highest BCUT2D eigenvalue weighted by molar-refractivity contribution is 7.97. The number of hydrogen-bond acceptors (Lipinski definition) is 2. The summed E-state index contributed by atoms with van der Waals surface area (Å²) in [5, 5.41) is 0. The maximum absolute atomic E-state index is 13.3. The molecule has 0 atom stereocenters. The fourth-order valence-corrected chi connectivity index (χ4v) is 4.51. The second kappa shape index (κ2) is 7.49. The van der Waals surface area contributed by atoms with Gasteiger partial charge in [-0.25, -0.2) is 13.6 Å². The Balaban J connectivity index is 2.12. The Hall–Kier alpha value is -2.66. The number of hydrogen-bond donors (Lipinski definition) is 0. The Labute approximate surface area is 147 Å². The summed E-state index contributed by atoms with van der Waals surface area (Å²) in [6.07, 6.45) is 0. The van der Waals surface area contributed by atoms with Crippen LogP contribution in [-0.4, -0.2) is 13.1 Å². The molecule has 0 aromatic heterocycles. The van der Waals surface area contributed by atoms with Crippen molar-refractivity contribution in [3.05, 3.63) is 90.0 Å². The molecule has 0 amide bonds. The Morgan fingerprint density at radius 1 is 0.800 bits per heavy atom. The van der Waals surface area contributed by atoms with Crippen molar-refractivity contribution >= 4 is 16.9 Å². The van der Waals surface area contributed by atoms with Gasteiger partial charge in [-0.3, -0.25) is 0 Å². The van der Waals surface area contributed by atoms with E-state index in [2.05, 4.69) is 0 Å². The molecule has 0 spiro atoms. The van der Waals surface area contributed by atoms with Gasteiger partial charge in [-0.2, -0.15) is 0 Å². The lowest BCUT2D eigenvalue weighted by atomic mass is 10.2. The van der Waals surface area contributed by atoms with E-state index < -0.39 is 16.9 Å². The van der Waals surface area contributed by atoms with E-state index in [0.717, 1.165) is 14.7 Å². The van der Waals surface area contributed by atoms with Gasteiger partial charge in [0.15, 0.2) is 14.7 Å². The molecular formula is C20H15F2O2S+. The van der Waals surface area contributed by atoms with E-state index in [1.807, 2.05) is 6.07 Å². The van der Waals surface area contributed by atoms with Crippen molar-refractivity contribution in [1.82, 2.24) is 0 Å². The first kappa shape index (κ1) is 17.2. The largest absolute Gasteiger partial charge is 0.465 e. The van der Waals surface area contributed by atoms with Crippen molar-refractivity contribution in [1.29, 1.82) is 0 Å². The molecule has 0 aliphatic rings. The normalized spacial score (nSPS) is 10.7. The zero-order valence-corrected chi connectivity index (χ0v) is 14.2. The van der Waals surface area contributed by atoms with Crippen LogP contribution in [0.15, 0.2) is 87.5 Å². The molecule has 0 saturated carbocycles. The monoisotopic (exact) mass is 357 g/mol. The van der Waals surface area contributed by atoms with Crippen LogP contribution in [-0.2, 0) is 15.6 Å². The summed E-state index contributed by atoms with van der Waals surface area (Å²) in [4.78, 5) is 14.4. The minimum absolute atomic E-state index is 0.324. The molecule has 0 bridgehead atoms. The van der Waals surface area contributed by atoms with Gasteiger partial charge < -0.3 is 4.74 Å². The molecular weight excluding hydrogens is 342 g/mol. The third-order valence-electron chi connectivity index (χ3n) is 3.59. The molecule has 3 rings (SSSR count). The van der Waals surface area contributed by atoms with Gasteiger partial charge >= 0.3 is 5.97 Å². The number of carbonyl (C=O) groups is 1. The van der Waals surface area contributed by atoms with Crippen molar-refractivity contribution < 1.29 is 18.3 Å². The molecule has 0 radical (unpaired) electrons. The van der Waals surface area contributed by atoms with Crippen LogP contribution in [0.5, 0.6) is 0 Å². The van der Waals surface area contributed by atoms with E-state index in [9.17, 15) is 13.6 Å². The van der Waals surface area contributed by atoms with Crippen molar-refractivity contribution in [3.63, 3.8) is 0 Å². The van der Waals surface area contributed by atoms with Gasteiger partial charge in [-0.05, 0) is 60.7 Å². The minimum Gasteiger partial charge on any atom is -0.465 e. The minimum atomic E-state index is -0.601. The Morgan fingerprint density at radius 2 is 1.32 bits per heavy atom. The molecule has 0 heterocycles. The molecule has 2 nitrogen and oxygen atoms in total. The zero-order chi connectivity index (χ0) is 17.8. The first-order chi connectivity index (χ1) is 12.1. The molecule has 126 valence electrons. The maximum atomic E-state index is 13.3. The van der Waals surface area contributed by atoms with Crippen LogP contribution in [0, 0.1) is 11.6 Å². The van der Waals surface area contributed by atoms with Crippen molar-refractivity contribution in [2.24, 2.45) is 0 Å². The third-order valence-corrected chi connectivity index (χ3v) is 5.80. The standard InChI is InChI=1S/C20H15F2O2S/c1-24-20(23)14-3-2-4-19(13-14)25(17-9-5-15(21)6-10-17)18-11-7-16(22)8-12-18/h2-13H,1H3/q+1. The second-order valence-corrected chi connectivity index (χ2v) is 7.26. The summed E-state index contributed by atoms with van der Waals surface area (Å²) < 4.78 is 31.4. The van der Waals surface area contributed by atoms with Crippen molar-refractivity contribution in [3.8, 4) is 0 Å². The quantitative estimate of drug-likeness (QED) is 0.493. The zero-order valence-electron chi connectivity index (χ0n) is 13.4. The summed E-state index contributed by atoms with van der Waals surface area (Å²) in [5.41, 5.74) is 0.432. The molecule has 3 aromatic rings.